The molecule has 2 aromatic carbocycles. The van der Waals surface area contributed by atoms with Gasteiger partial charge >= 0.3 is 0 Å². The number of thiophene rings is 3. The van der Waals surface area contributed by atoms with E-state index in [0.717, 1.165) is 0 Å². The summed E-state index contributed by atoms with van der Waals surface area (Å²) in [5, 5.41) is 4.96. The summed E-state index contributed by atoms with van der Waals surface area (Å²) in [6.45, 7) is 0. The number of rotatable bonds is 1. The molecule has 3 heteroatoms. The molecule has 0 N–H and O–H groups in total. The lowest BCUT2D eigenvalue weighted by Crippen LogP contribution is -1.71. The first-order valence-corrected chi connectivity index (χ1v) is 9.30. The largest absolute Gasteiger partial charge is 0.144 e. The predicted molar refractivity (Wildman–Crippen MR) is 98.0 cm³/mol. The zero-order chi connectivity index (χ0) is 13.8. The van der Waals surface area contributed by atoms with Crippen LogP contribution in [0.3, 0.4) is 0 Å². The summed E-state index contributed by atoms with van der Waals surface area (Å²) in [5.41, 5.74) is 1.37. The molecule has 0 amide bonds. The monoisotopic (exact) mass is 322 g/mol. The molecule has 3 heterocycles. The molecule has 5 rings (SSSR count). The van der Waals surface area contributed by atoms with Crippen molar-refractivity contribution >= 4 is 63.6 Å². The van der Waals surface area contributed by atoms with Gasteiger partial charge in [-0.15, -0.1) is 34.0 Å². The summed E-state index contributed by atoms with van der Waals surface area (Å²) >= 11 is 5.67. The Morgan fingerprint density at radius 1 is 0.619 bits per heavy atom. The Balaban J connectivity index is 1.96. The molecule has 0 saturated heterocycles. The third-order valence-electron chi connectivity index (χ3n) is 3.80. The predicted octanol–water partition coefficient (Wildman–Crippen LogP) is 7.00. The summed E-state index contributed by atoms with van der Waals surface area (Å²) in [4.78, 5) is 1.36. The number of fused-ring (bicyclic) bond motifs is 5. The van der Waals surface area contributed by atoms with E-state index < -0.39 is 0 Å². The van der Waals surface area contributed by atoms with Crippen LogP contribution in [0.4, 0.5) is 0 Å². The van der Waals surface area contributed by atoms with E-state index in [4.69, 9.17) is 0 Å². The van der Waals surface area contributed by atoms with Gasteiger partial charge in [-0.3, -0.25) is 0 Å². The third kappa shape index (κ3) is 1.65. The van der Waals surface area contributed by atoms with Crippen molar-refractivity contribution in [3.05, 3.63) is 60.0 Å². The molecule has 0 saturated carbocycles. The fraction of sp³-hybridized carbons (Fsp3) is 0. The minimum atomic E-state index is 1.36. The van der Waals surface area contributed by atoms with Crippen LogP contribution in [0.25, 0.3) is 40.0 Å². The van der Waals surface area contributed by atoms with Crippen LogP contribution in [0.1, 0.15) is 0 Å². The molecule has 100 valence electrons. The second-order valence-electron chi connectivity index (χ2n) is 5.02. The molecule has 0 fully saturated rings. The van der Waals surface area contributed by atoms with Crippen LogP contribution in [0.5, 0.6) is 0 Å². The van der Waals surface area contributed by atoms with Crippen LogP contribution in [0.2, 0.25) is 0 Å². The first-order chi connectivity index (χ1) is 10.4. The minimum Gasteiger partial charge on any atom is -0.144 e. The number of benzene rings is 2. The van der Waals surface area contributed by atoms with E-state index in [1.807, 2.05) is 34.0 Å². The topological polar surface area (TPSA) is 0 Å². The van der Waals surface area contributed by atoms with Gasteiger partial charge in [-0.25, -0.2) is 0 Å². The Morgan fingerprint density at radius 2 is 1.48 bits per heavy atom. The highest BCUT2D eigenvalue weighted by molar-refractivity contribution is 7.36. The molecular weight excluding hydrogens is 312 g/mol. The molecule has 0 unspecified atom stereocenters. The van der Waals surface area contributed by atoms with Gasteiger partial charge in [0.25, 0.3) is 0 Å². The molecular formula is C18H10S3. The molecule has 21 heavy (non-hydrogen) atoms. The zero-order valence-electron chi connectivity index (χ0n) is 11.0. The molecule has 0 atom stereocenters. The molecule has 5 aromatic rings. The lowest BCUT2D eigenvalue weighted by molar-refractivity contribution is 1.83. The summed E-state index contributed by atoms with van der Waals surface area (Å²) < 4.78 is 5.69. The summed E-state index contributed by atoms with van der Waals surface area (Å²) in [6.07, 6.45) is 0. The van der Waals surface area contributed by atoms with Crippen molar-refractivity contribution in [1.82, 2.24) is 0 Å². The highest BCUT2D eigenvalue weighted by Crippen LogP contribution is 2.47. The average Bonchev–Trinajstić information content (AvgIpc) is 3.22. The average molecular weight is 322 g/mol. The first-order valence-electron chi connectivity index (χ1n) is 6.78. The fourth-order valence-electron chi connectivity index (χ4n) is 2.85. The molecule has 0 aliphatic rings. The van der Waals surface area contributed by atoms with Crippen LogP contribution in [0.15, 0.2) is 60.0 Å². The van der Waals surface area contributed by atoms with E-state index in [1.165, 1.54) is 40.0 Å². The first kappa shape index (κ1) is 11.9. The Kier molecular flexibility index (Phi) is 2.50. The van der Waals surface area contributed by atoms with E-state index in [9.17, 15) is 0 Å². The van der Waals surface area contributed by atoms with Gasteiger partial charge in [0.1, 0.15) is 0 Å². The third-order valence-corrected chi connectivity index (χ3v) is 7.31. The van der Waals surface area contributed by atoms with E-state index in [-0.39, 0.29) is 0 Å². The Morgan fingerprint density at radius 3 is 2.38 bits per heavy atom. The Bertz CT molecular complexity index is 1080. The molecule has 0 aliphatic heterocycles. The minimum absolute atomic E-state index is 1.36. The maximum absolute atomic E-state index is 2.26. The van der Waals surface area contributed by atoms with Crippen molar-refractivity contribution in [3.8, 4) is 10.4 Å². The molecule has 0 radical (unpaired) electrons. The molecule has 0 aliphatic carbocycles. The maximum atomic E-state index is 2.26. The molecule has 0 spiro atoms. The van der Waals surface area contributed by atoms with Gasteiger partial charge in [-0.2, -0.15) is 0 Å². The van der Waals surface area contributed by atoms with Crippen molar-refractivity contribution in [1.29, 1.82) is 0 Å². The summed E-state index contributed by atoms with van der Waals surface area (Å²) in [7, 11) is 0. The maximum Gasteiger partial charge on any atom is 0.0542 e. The smallest absolute Gasteiger partial charge is 0.0542 e. The Labute approximate surface area is 133 Å². The van der Waals surface area contributed by atoms with Crippen molar-refractivity contribution in [2.45, 2.75) is 0 Å². The molecule has 3 aromatic heterocycles. The highest BCUT2D eigenvalue weighted by Gasteiger charge is 2.14. The summed E-state index contributed by atoms with van der Waals surface area (Å²) in [5.74, 6) is 0. The van der Waals surface area contributed by atoms with Crippen LogP contribution in [0, 0.1) is 0 Å². The SMILES string of the molecule is c1csc(-c2cccc3c2sc2c4ccccc4sc32)c1. The normalized spacial score (nSPS) is 11.8. The quantitative estimate of drug-likeness (QED) is 0.312. The van der Waals surface area contributed by atoms with Crippen molar-refractivity contribution in [2.24, 2.45) is 0 Å². The summed E-state index contributed by atoms with van der Waals surface area (Å²) in [6, 6.07) is 19.8. The van der Waals surface area contributed by atoms with Crippen molar-refractivity contribution in [2.75, 3.05) is 0 Å². The zero-order valence-corrected chi connectivity index (χ0v) is 13.4. The molecule has 0 bridgehead atoms. The second kappa shape index (κ2) is 4.41. The van der Waals surface area contributed by atoms with Gasteiger partial charge in [-0.1, -0.05) is 42.5 Å². The van der Waals surface area contributed by atoms with Crippen molar-refractivity contribution < 1.29 is 0 Å². The van der Waals surface area contributed by atoms with Crippen LogP contribution >= 0.6 is 34.0 Å². The van der Waals surface area contributed by atoms with Crippen molar-refractivity contribution in [3.63, 3.8) is 0 Å². The number of hydrogen-bond acceptors (Lipinski definition) is 3. The van der Waals surface area contributed by atoms with Gasteiger partial charge < -0.3 is 0 Å². The van der Waals surface area contributed by atoms with E-state index in [2.05, 4.69) is 60.0 Å². The van der Waals surface area contributed by atoms with Gasteiger partial charge in [0.2, 0.25) is 0 Å². The lowest BCUT2D eigenvalue weighted by atomic mass is 10.1. The molecule has 0 nitrogen and oxygen atoms in total. The Hall–Kier alpha value is -1.68. The van der Waals surface area contributed by atoms with Crippen LogP contribution in [-0.4, -0.2) is 0 Å². The van der Waals surface area contributed by atoms with Gasteiger partial charge in [-0.05, 0) is 17.5 Å². The fourth-order valence-corrected chi connectivity index (χ4v) is 6.45. The highest BCUT2D eigenvalue weighted by atomic mass is 32.1. The lowest BCUT2D eigenvalue weighted by Gasteiger charge is -1.99. The second-order valence-corrected chi connectivity index (χ2v) is 8.04. The van der Waals surface area contributed by atoms with E-state index in [1.54, 1.807) is 0 Å². The van der Waals surface area contributed by atoms with Gasteiger partial charge in [0.05, 0.1) is 9.40 Å². The van der Waals surface area contributed by atoms with Gasteiger partial charge in [0.15, 0.2) is 0 Å². The van der Waals surface area contributed by atoms with Crippen LogP contribution in [-0.2, 0) is 0 Å². The standard InChI is InChI=1S/C18H10S3/c1-2-8-15-12(5-1)17-18(20-15)13-7-3-6-11(16(13)21-17)14-9-4-10-19-14/h1-10H. The van der Waals surface area contributed by atoms with Crippen LogP contribution < -0.4 is 0 Å². The van der Waals surface area contributed by atoms with E-state index >= 15 is 0 Å². The van der Waals surface area contributed by atoms with Gasteiger partial charge in [0, 0.05) is 30.6 Å². The van der Waals surface area contributed by atoms with E-state index in [0.29, 0.717) is 0 Å². The number of hydrogen-bond donors (Lipinski definition) is 0.